The van der Waals surface area contributed by atoms with E-state index in [1.54, 1.807) is 18.2 Å². The van der Waals surface area contributed by atoms with Gasteiger partial charge in [-0.05, 0) is 29.0 Å². The van der Waals surface area contributed by atoms with Crippen LogP contribution in [0.3, 0.4) is 0 Å². The molecule has 0 aliphatic carbocycles. The van der Waals surface area contributed by atoms with Gasteiger partial charge >= 0.3 is 0 Å². The molecule has 0 aromatic heterocycles. The third-order valence-corrected chi connectivity index (χ3v) is 4.46. The average Bonchev–Trinajstić information content (AvgIpc) is 2.64. The predicted molar refractivity (Wildman–Crippen MR) is 109 cm³/mol. The van der Waals surface area contributed by atoms with Crippen molar-refractivity contribution in [3.8, 4) is 0 Å². The number of carbonyl (C=O) groups is 1. The number of non-ortho nitro benzene ring substituents is 1. The molecule has 0 radical (unpaired) electrons. The molecule has 5 heteroatoms. The minimum atomic E-state index is -0.437. The van der Waals surface area contributed by atoms with Crippen LogP contribution in [0.25, 0.3) is 11.6 Å². The van der Waals surface area contributed by atoms with Gasteiger partial charge in [-0.1, -0.05) is 70.2 Å². The number of amides is 1. The van der Waals surface area contributed by atoms with Gasteiger partial charge in [0.15, 0.2) is 0 Å². The van der Waals surface area contributed by atoms with E-state index in [-0.39, 0.29) is 17.6 Å². The Morgan fingerprint density at radius 3 is 2.19 bits per heavy atom. The first-order valence-corrected chi connectivity index (χ1v) is 9.12. The van der Waals surface area contributed by atoms with Crippen LogP contribution in [0, 0.1) is 22.0 Å². The highest BCUT2D eigenvalue weighted by molar-refractivity contribution is 6.24. The molecule has 1 amide bonds. The van der Waals surface area contributed by atoms with E-state index in [1.807, 2.05) is 30.3 Å². The van der Waals surface area contributed by atoms with Crippen molar-refractivity contribution in [1.29, 1.82) is 0 Å². The Kier molecular flexibility index (Phi) is 6.88. The molecule has 2 rings (SSSR count). The monoisotopic (exact) mass is 366 g/mol. The summed E-state index contributed by atoms with van der Waals surface area (Å²) in [6, 6.07) is 15.7. The van der Waals surface area contributed by atoms with Crippen LogP contribution < -0.4 is 5.32 Å². The van der Waals surface area contributed by atoms with Gasteiger partial charge in [0, 0.05) is 23.7 Å². The van der Waals surface area contributed by atoms with E-state index in [9.17, 15) is 14.9 Å². The molecule has 142 valence electrons. The molecule has 0 aliphatic heterocycles. The number of nitro groups is 1. The van der Waals surface area contributed by atoms with Crippen molar-refractivity contribution in [2.45, 2.75) is 33.7 Å². The van der Waals surface area contributed by atoms with Crippen molar-refractivity contribution in [1.82, 2.24) is 5.32 Å². The summed E-state index contributed by atoms with van der Waals surface area (Å²) in [4.78, 5) is 23.7. The molecule has 0 heterocycles. The van der Waals surface area contributed by atoms with Gasteiger partial charge in [0.05, 0.1) is 4.92 Å². The zero-order valence-corrected chi connectivity index (χ0v) is 16.2. The van der Waals surface area contributed by atoms with Crippen molar-refractivity contribution < 1.29 is 9.72 Å². The van der Waals surface area contributed by atoms with Crippen molar-refractivity contribution in [2.75, 3.05) is 0 Å². The molecule has 27 heavy (non-hydrogen) atoms. The number of nitrogens with zero attached hydrogens (tertiary/aromatic N) is 1. The molecule has 0 fully saturated rings. The van der Waals surface area contributed by atoms with Gasteiger partial charge in [0.25, 0.3) is 11.6 Å². The lowest BCUT2D eigenvalue weighted by molar-refractivity contribution is -0.384. The Morgan fingerprint density at radius 2 is 1.63 bits per heavy atom. The zero-order valence-electron chi connectivity index (χ0n) is 16.2. The quantitative estimate of drug-likeness (QED) is 0.327. The highest BCUT2D eigenvalue weighted by Gasteiger charge is 2.22. The highest BCUT2D eigenvalue weighted by Crippen LogP contribution is 2.22. The van der Waals surface area contributed by atoms with Crippen LogP contribution in [-0.4, -0.2) is 16.9 Å². The Balaban J connectivity index is 2.45. The van der Waals surface area contributed by atoms with Gasteiger partial charge in [-0.15, -0.1) is 0 Å². The maximum atomic E-state index is 13.1. The minimum Gasteiger partial charge on any atom is -0.349 e. The molecule has 1 N–H and O–H groups in total. The molecule has 0 unspecified atom stereocenters. The highest BCUT2D eigenvalue weighted by atomic mass is 16.6. The lowest BCUT2D eigenvalue weighted by Gasteiger charge is -2.26. The van der Waals surface area contributed by atoms with Gasteiger partial charge < -0.3 is 5.32 Å². The largest absolute Gasteiger partial charge is 0.349 e. The van der Waals surface area contributed by atoms with E-state index >= 15 is 0 Å². The molecule has 5 nitrogen and oxygen atoms in total. The fraction of sp³-hybridized carbons (Fsp3) is 0.318. The van der Waals surface area contributed by atoms with E-state index in [0.717, 1.165) is 5.56 Å². The standard InChI is InChI=1S/C22H26N2O3/c1-15(2)21(16(3)4)23-22(25)20(18-10-6-5-7-11-18)14-17-9-8-12-19(13-17)24(26)27/h5-16,21H,1-4H3,(H,23,25)/b20-14+. The SMILES string of the molecule is CC(C)C(NC(=O)/C(=C/c1cccc([N+](=O)[O-])c1)c1ccccc1)C(C)C. The number of rotatable bonds is 7. The third kappa shape index (κ3) is 5.51. The maximum absolute atomic E-state index is 13.1. The summed E-state index contributed by atoms with van der Waals surface area (Å²) in [7, 11) is 0. The predicted octanol–water partition coefficient (Wildman–Crippen LogP) is 4.93. The second kappa shape index (κ2) is 9.12. The second-order valence-corrected chi connectivity index (χ2v) is 7.26. The number of carbonyl (C=O) groups excluding carboxylic acids is 1. The van der Waals surface area contributed by atoms with Crippen molar-refractivity contribution in [3.63, 3.8) is 0 Å². The summed E-state index contributed by atoms with van der Waals surface area (Å²) in [5, 5.41) is 14.2. The second-order valence-electron chi connectivity index (χ2n) is 7.26. The molecule has 0 spiro atoms. The van der Waals surface area contributed by atoms with Gasteiger partial charge in [-0.3, -0.25) is 14.9 Å². The molecule has 2 aromatic carbocycles. The summed E-state index contributed by atoms with van der Waals surface area (Å²) < 4.78 is 0. The number of hydrogen-bond donors (Lipinski definition) is 1. The van der Waals surface area contributed by atoms with Gasteiger partial charge in [0.2, 0.25) is 0 Å². The first kappa shape index (κ1) is 20.4. The number of nitrogens with one attached hydrogen (secondary N) is 1. The van der Waals surface area contributed by atoms with Crippen molar-refractivity contribution >= 4 is 23.2 Å². The lowest BCUT2D eigenvalue weighted by Crippen LogP contribution is -2.42. The fourth-order valence-electron chi connectivity index (χ4n) is 3.12. The van der Waals surface area contributed by atoms with Crippen LogP contribution >= 0.6 is 0 Å². The van der Waals surface area contributed by atoms with Crippen LogP contribution in [0.2, 0.25) is 0 Å². The molecule has 0 atom stereocenters. The first-order chi connectivity index (χ1) is 12.8. The minimum absolute atomic E-state index is 0.00110. The molecular formula is C22H26N2O3. The smallest absolute Gasteiger partial charge is 0.270 e. The Hall–Kier alpha value is -2.95. The van der Waals surface area contributed by atoms with Gasteiger partial charge in [-0.2, -0.15) is 0 Å². The molecular weight excluding hydrogens is 340 g/mol. The Labute approximate surface area is 160 Å². The Bertz CT molecular complexity index is 818. The van der Waals surface area contributed by atoms with Crippen LogP contribution in [0.4, 0.5) is 5.69 Å². The number of nitro benzene ring substituents is 1. The van der Waals surface area contributed by atoms with Crippen LogP contribution in [0.15, 0.2) is 54.6 Å². The first-order valence-electron chi connectivity index (χ1n) is 9.12. The van der Waals surface area contributed by atoms with Crippen LogP contribution in [0.5, 0.6) is 0 Å². The van der Waals surface area contributed by atoms with E-state index in [4.69, 9.17) is 0 Å². The van der Waals surface area contributed by atoms with Crippen molar-refractivity contribution in [3.05, 3.63) is 75.8 Å². The maximum Gasteiger partial charge on any atom is 0.270 e. The number of benzene rings is 2. The lowest BCUT2D eigenvalue weighted by atomic mass is 9.92. The Morgan fingerprint density at radius 1 is 1.00 bits per heavy atom. The normalized spacial score (nSPS) is 11.9. The average molecular weight is 366 g/mol. The van der Waals surface area contributed by atoms with E-state index in [0.29, 0.717) is 23.0 Å². The summed E-state index contributed by atoms with van der Waals surface area (Å²) in [6.45, 7) is 8.32. The van der Waals surface area contributed by atoms with E-state index in [2.05, 4.69) is 33.0 Å². The summed E-state index contributed by atoms with van der Waals surface area (Å²) in [5.41, 5.74) is 1.87. The third-order valence-electron chi connectivity index (χ3n) is 4.46. The van der Waals surface area contributed by atoms with E-state index in [1.165, 1.54) is 12.1 Å². The molecule has 0 saturated carbocycles. The van der Waals surface area contributed by atoms with E-state index < -0.39 is 4.92 Å². The topological polar surface area (TPSA) is 72.2 Å². The fourth-order valence-corrected chi connectivity index (χ4v) is 3.12. The van der Waals surface area contributed by atoms with Crippen LogP contribution in [-0.2, 0) is 4.79 Å². The summed E-state index contributed by atoms with van der Waals surface area (Å²) in [6.07, 6.45) is 1.70. The molecule has 0 bridgehead atoms. The van der Waals surface area contributed by atoms with Crippen molar-refractivity contribution in [2.24, 2.45) is 11.8 Å². The molecule has 0 saturated heterocycles. The molecule has 0 aliphatic rings. The summed E-state index contributed by atoms with van der Waals surface area (Å²) in [5.74, 6) is 0.410. The molecule has 2 aromatic rings. The van der Waals surface area contributed by atoms with Crippen LogP contribution in [0.1, 0.15) is 38.8 Å². The summed E-state index contributed by atoms with van der Waals surface area (Å²) >= 11 is 0. The van der Waals surface area contributed by atoms with Gasteiger partial charge in [0.1, 0.15) is 0 Å². The van der Waals surface area contributed by atoms with Gasteiger partial charge in [-0.25, -0.2) is 0 Å². The number of hydrogen-bond acceptors (Lipinski definition) is 3. The zero-order chi connectivity index (χ0) is 20.0.